The molecule has 1 heterocycles. The molecule has 0 bridgehead atoms. The van der Waals surface area contributed by atoms with Crippen LogP contribution in [0.1, 0.15) is 11.1 Å². The van der Waals surface area contributed by atoms with Gasteiger partial charge in [0.15, 0.2) is 0 Å². The van der Waals surface area contributed by atoms with Crippen molar-refractivity contribution in [1.82, 2.24) is 9.78 Å². The maximum absolute atomic E-state index is 13.2. The van der Waals surface area contributed by atoms with E-state index in [1.807, 2.05) is 23.0 Å². The second-order valence-electron chi connectivity index (χ2n) is 4.93. The van der Waals surface area contributed by atoms with Crippen LogP contribution in [0, 0.1) is 12.7 Å². The van der Waals surface area contributed by atoms with E-state index in [9.17, 15) is 4.39 Å². The first-order valence-electron chi connectivity index (χ1n) is 6.55. The molecule has 100 valence electrons. The average molecular weight is 266 g/mol. The zero-order chi connectivity index (χ0) is 13.9. The van der Waals surface area contributed by atoms with Crippen LogP contribution >= 0.6 is 0 Å². The van der Waals surface area contributed by atoms with Gasteiger partial charge in [0.25, 0.3) is 0 Å². The third-order valence-electron chi connectivity index (χ3n) is 3.22. The predicted octanol–water partition coefficient (Wildman–Crippen LogP) is 4.05. The normalized spacial score (nSPS) is 10.7. The Balaban J connectivity index is 1.84. The monoisotopic (exact) mass is 266 g/mol. The zero-order valence-corrected chi connectivity index (χ0v) is 11.3. The van der Waals surface area contributed by atoms with E-state index in [1.54, 1.807) is 12.3 Å². The largest absolute Gasteiger partial charge is 0.268 e. The molecule has 0 spiro atoms. The van der Waals surface area contributed by atoms with Crippen LogP contribution in [-0.4, -0.2) is 9.78 Å². The predicted molar refractivity (Wildman–Crippen MR) is 77.9 cm³/mol. The lowest BCUT2D eigenvalue weighted by molar-refractivity contribution is 0.628. The summed E-state index contributed by atoms with van der Waals surface area (Å²) < 4.78 is 15.1. The fourth-order valence-electron chi connectivity index (χ4n) is 2.26. The summed E-state index contributed by atoms with van der Waals surface area (Å²) in [6, 6.07) is 14.9. The van der Waals surface area contributed by atoms with Gasteiger partial charge < -0.3 is 0 Å². The molecule has 2 aromatic carbocycles. The molecule has 0 aliphatic rings. The minimum atomic E-state index is -0.228. The van der Waals surface area contributed by atoms with Crippen molar-refractivity contribution in [2.75, 3.05) is 0 Å². The quantitative estimate of drug-likeness (QED) is 0.699. The summed E-state index contributed by atoms with van der Waals surface area (Å²) in [6.07, 6.45) is 3.71. The summed E-state index contributed by atoms with van der Waals surface area (Å²) in [5.41, 5.74) is 4.22. The molecule has 0 radical (unpaired) electrons. The van der Waals surface area contributed by atoms with Crippen molar-refractivity contribution in [3.05, 3.63) is 77.9 Å². The Hall–Kier alpha value is -2.42. The van der Waals surface area contributed by atoms with Crippen molar-refractivity contribution in [3.63, 3.8) is 0 Å². The van der Waals surface area contributed by atoms with E-state index in [4.69, 9.17) is 0 Å². The standard InChI is InChI=1S/C17H15FN2/c1-13-4-2-5-14(8-13)11-20-12-16(10-19-20)15-6-3-7-17(18)9-15/h2-10,12H,11H2,1H3. The van der Waals surface area contributed by atoms with Crippen LogP contribution in [-0.2, 0) is 6.54 Å². The maximum Gasteiger partial charge on any atom is 0.123 e. The maximum atomic E-state index is 13.2. The van der Waals surface area contributed by atoms with E-state index in [1.165, 1.54) is 23.3 Å². The molecule has 3 heteroatoms. The molecule has 3 rings (SSSR count). The molecule has 0 saturated carbocycles. The summed E-state index contributed by atoms with van der Waals surface area (Å²) in [5.74, 6) is -0.228. The Kier molecular flexibility index (Phi) is 3.33. The van der Waals surface area contributed by atoms with Crippen LogP contribution in [0.2, 0.25) is 0 Å². The molecule has 0 atom stereocenters. The molecule has 1 aromatic heterocycles. The Morgan fingerprint density at radius 2 is 1.90 bits per heavy atom. The highest BCUT2D eigenvalue weighted by Crippen LogP contribution is 2.19. The number of benzene rings is 2. The van der Waals surface area contributed by atoms with Gasteiger partial charge in [-0.25, -0.2) is 4.39 Å². The summed E-state index contributed by atoms with van der Waals surface area (Å²) in [4.78, 5) is 0. The van der Waals surface area contributed by atoms with Gasteiger partial charge in [-0.15, -0.1) is 0 Å². The summed E-state index contributed by atoms with van der Waals surface area (Å²) in [6.45, 7) is 2.79. The first kappa shape index (κ1) is 12.6. The fraction of sp³-hybridized carbons (Fsp3) is 0.118. The number of halogens is 1. The van der Waals surface area contributed by atoms with Gasteiger partial charge in [-0.05, 0) is 30.2 Å². The van der Waals surface area contributed by atoms with Crippen molar-refractivity contribution in [2.45, 2.75) is 13.5 Å². The minimum absolute atomic E-state index is 0.228. The number of aryl methyl sites for hydroxylation is 1. The number of hydrogen-bond acceptors (Lipinski definition) is 1. The summed E-state index contributed by atoms with van der Waals surface area (Å²) >= 11 is 0. The lowest BCUT2D eigenvalue weighted by Crippen LogP contribution is -1.99. The molecule has 2 nitrogen and oxygen atoms in total. The van der Waals surface area contributed by atoms with Gasteiger partial charge in [0.05, 0.1) is 12.7 Å². The van der Waals surface area contributed by atoms with E-state index in [0.29, 0.717) is 0 Å². The van der Waals surface area contributed by atoms with Gasteiger partial charge in [-0.3, -0.25) is 4.68 Å². The van der Waals surface area contributed by atoms with Crippen LogP contribution in [0.25, 0.3) is 11.1 Å². The topological polar surface area (TPSA) is 17.8 Å². The third kappa shape index (κ3) is 2.77. The molecule has 0 fully saturated rings. The third-order valence-corrected chi connectivity index (χ3v) is 3.22. The molecule has 3 aromatic rings. The van der Waals surface area contributed by atoms with Crippen LogP contribution in [0.3, 0.4) is 0 Å². The SMILES string of the molecule is Cc1cccc(Cn2cc(-c3cccc(F)c3)cn2)c1. The summed E-state index contributed by atoms with van der Waals surface area (Å²) in [5, 5.41) is 4.34. The number of aromatic nitrogens is 2. The Morgan fingerprint density at radius 1 is 1.05 bits per heavy atom. The second kappa shape index (κ2) is 5.29. The lowest BCUT2D eigenvalue weighted by atomic mass is 10.1. The molecule has 0 unspecified atom stereocenters. The highest BCUT2D eigenvalue weighted by Gasteiger charge is 2.03. The van der Waals surface area contributed by atoms with E-state index >= 15 is 0 Å². The van der Waals surface area contributed by atoms with Crippen molar-refractivity contribution >= 4 is 0 Å². The van der Waals surface area contributed by atoms with Crippen LogP contribution in [0.5, 0.6) is 0 Å². The zero-order valence-electron chi connectivity index (χ0n) is 11.3. The van der Waals surface area contributed by atoms with Gasteiger partial charge >= 0.3 is 0 Å². The van der Waals surface area contributed by atoms with Gasteiger partial charge in [0.2, 0.25) is 0 Å². The van der Waals surface area contributed by atoms with E-state index < -0.39 is 0 Å². The average Bonchev–Trinajstić information content (AvgIpc) is 2.87. The number of hydrogen-bond donors (Lipinski definition) is 0. The van der Waals surface area contributed by atoms with Crippen molar-refractivity contribution in [3.8, 4) is 11.1 Å². The highest BCUT2D eigenvalue weighted by molar-refractivity contribution is 5.61. The Labute approximate surface area is 117 Å². The first-order chi connectivity index (χ1) is 9.70. The van der Waals surface area contributed by atoms with Crippen LogP contribution < -0.4 is 0 Å². The van der Waals surface area contributed by atoms with Gasteiger partial charge in [0.1, 0.15) is 5.82 Å². The van der Waals surface area contributed by atoms with Crippen LogP contribution in [0.4, 0.5) is 4.39 Å². The molecule has 0 amide bonds. The second-order valence-corrected chi connectivity index (χ2v) is 4.93. The van der Waals surface area contributed by atoms with Gasteiger partial charge in [-0.2, -0.15) is 5.10 Å². The van der Waals surface area contributed by atoms with Crippen LogP contribution in [0.15, 0.2) is 60.9 Å². The summed E-state index contributed by atoms with van der Waals surface area (Å²) in [7, 11) is 0. The van der Waals surface area contributed by atoms with Gasteiger partial charge in [-0.1, -0.05) is 42.0 Å². The van der Waals surface area contributed by atoms with E-state index in [0.717, 1.165) is 17.7 Å². The first-order valence-corrected chi connectivity index (χ1v) is 6.55. The smallest absolute Gasteiger partial charge is 0.123 e. The number of nitrogens with zero attached hydrogens (tertiary/aromatic N) is 2. The van der Waals surface area contributed by atoms with E-state index in [2.05, 4.69) is 30.2 Å². The Bertz CT molecular complexity index is 731. The molecule has 0 aliphatic heterocycles. The molecule has 20 heavy (non-hydrogen) atoms. The van der Waals surface area contributed by atoms with E-state index in [-0.39, 0.29) is 5.82 Å². The van der Waals surface area contributed by atoms with Crippen molar-refractivity contribution in [1.29, 1.82) is 0 Å². The Morgan fingerprint density at radius 3 is 2.70 bits per heavy atom. The highest BCUT2D eigenvalue weighted by atomic mass is 19.1. The lowest BCUT2D eigenvalue weighted by Gasteiger charge is -2.02. The van der Waals surface area contributed by atoms with Crippen molar-refractivity contribution in [2.24, 2.45) is 0 Å². The molecule has 0 N–H and O–H groups in total. The van der Waals surface area contributed by atoms with Gasteiger partial charge in [0, 0.05) is 11.8 Å². The molecule has 0 aliphatic carbocycles. The number of rotatable bonds is 3. The molecule has 0 saturated heterocycles. The molecular weight excluding hydrogens is 251 g/mol. The van der Waals surface area contributed by atoms with Crippen molar-refractivity contribution < 1.29 is 4.39 Å². The fourth-order valence-corrected chi connectivity index (χ4v) is 2.26. The molecular formula is C17H15FN2. The minimum Gasteiger partial charge on any atom is -0.268 e.